The number of nitrogens with one attached hydrogen (secondary N) is 1. The van der Waals surface area contributed by atoms with Gasteiger partial charge in [-0.1, -0.05) is 23.7 Å². The largest absolute Gasteiger partial charge is 0.308 e. The van der Waals surface area contributed by atoms with Crippen molar-refractivity contribution < 1.29 is 0 Å². The Labute approximate surface area is 169 Å². The van der Waals surface area contributed by atoms with E-state index in [0.717, 1.165) is 40.9 Å². The monoisotopic (exact) mass is 391 g/mol. The first-order valence-corrected chi connectivity index (χ1v) is 9.58. The second-order valence-corrected chi connectivity index (χ2v) is 7.21. The molecule has 2 heterocycles. The van der Waals surface area contributed by atoms with Gasteiger partial charge in [0.25, 0.3) is 0 Å². The molecule has 0 aliphatic rings. The molecule has 4 rings (SSSR count). The maximum Gasteiger partial charge on any atom is 0.0991 e. The first-order chi connectivity index (χ1) is 13.6. The molecular weight excluding hydrogens is 370 g/mol. The Morgan fingerprint density at radius 3 is 2.32 bits per heavy atom. The average Bonchev–Trinajstić information content (AvgIpc) is 3.33. The summed E-state index contributed by atoms with van der Waals surface area (Å²) in [5.41, 5.74) is 6.77. The van der Waals surface area contributed by atoms with Gasteiger partial charge in [-0.05, 0) is 55.8 Å². The Hall–Kier alpha value is -2.89. The van der Waals surface area contributed by atoms with Crippen LogP contribution in [0, 0.1) is 13.8 Å². The van der Waals surface area contributed by atoms with Gasteiger partial charge in [-0.2, -0.15) is 5.10 Å². The van der Waals surface area contributed by atoms with Crippen molar-refractivity contribution in [2.45, 2.75) is 26.9 Å². The zero-order chi connectivity index (χ0) is 19.5. The van der Waals surface area contributed by atoms with Crippen molar-refractivity contribution in [1.29, 1.82) is 0 Å². The van der Waals surface area contributed by atoms with E-state index in [0.29, 0.717) is 0 Å². The normalized spacial score (nSPS) is 11.1. The van der Waals surface area contributed by atoms with E-state index in [-0.39, 0.29) is 0 Å². The molecule has 0 radical (unpaired) electrons. The molecule has 2 aromatic heterocycles. The first kappa shape index (κ1) is 18.5. The minimum absolute atomic E-state index is 0.728. The highest BCUT2D eigenvalue weighted by Gasteiger charge is 2.12. The molecule has 0 saturated carbocycles. The van der Waals surface area contributed by atoms with Crippen LogP contribution >= 0.6 is 11.6 Å². The Kier molecular flexibility index (Phi) is 5.28. The zero-order valence-electron chi connectivity index (χ0n) is 15.9. The number of hydrogen-bond donors (Lipinski definition) is 1. The highest BCUT2D eigenvalue weighted by atomic mass is 35.5. The highest BCUT2D eigenvalue weighted by molar-refractivity contribution is 6.30. The van der Waals surface area contributed by atoms with Crippen LogP contribution in [0.1, 0.15) is 22.5 Å². The summed E-state index contributed by atoms with van der Waals surface area (Å²) >= 11 is 6.00. The van der Waals surface area contributed by atoms with Crippen LogP contribution in [0.25, 0.3) is 11.4 Å². The highest BCUT2D eigenvalue weighted by Crippen LogP contribution is 2.19. The standard InChI is InChI=1S/C22H22ClN5/c1-16-22(17(2)28(26-16)21-9-5-19(23)6-10-21)14-25-13-18-3-7-20(8-4-18)27-12-11-24-15-27/h3-12,15,25H,13-14H2,1-2H3. The third kappa shape index (κ3) is 3.86. The van der Waals surface area contributed by atoms with Gasteiger partial charge in [0.1, 0.15) is 0 Å². The topological polar surface area (TPSA) is 47.7 Å². The van der Waals surface area contributed by atoms with E-state index < -0.39 is 0 Å². The van der Waals surface area contributed by atoms with Crippen LogP contribution in [-0.2, 0) is 13.1 Å². The van der Waals surface area contributed by atoms with Gasteiger partial charge in [-0.15, -0.1) is 0 Å². The predicted molar refractivity (Wildman–Crippen MR) is 112 cm³/mol. The molecule has 0 fully saturated rings. The fourth-order valence-electron chi connectivity index (χ4n) is 3.29. The number of aryl methyl sites for hydroxylation is 1. The second-order valence-electron chi connectivity index (χ2n) is 6.78. The minimum Gasteiger partial charge on any atom is -0.308 e. The van der Waals surface area contributed by atoms with E-state index in [1.54, 1.807) is 12.5 Å². The van der Waals surface area contributed by atoms with Crippen LogP contribution in [0.2, 0.25) is 5.02 Å². The Morgan fingerprint density at radius 1 is 0.929 bits per heavy atom. The van der Waals surface area contributed by atoms with Gasteiger partial charge in [0.15, 0.2) is 0 Å². The van der Waals surface area contributed by atoms with Gasteiger partial charge in [0.05, 0.1) is 17.7 Å². The second kappa shape index (κ2) is 8.00. The van der Waals surface area contributed by atoms with Crippen molar-refractivity contribution in [3.63, 3.8) is 0 Å². The lowest BCUT2D eigenvalue weighted by Gasteiger charge is -2.08. The quantitative estimate of drug-likeness (QED) is 0.521. The van der Waals surface area contributed by atoms with Crippen molar-refractivity contribution in [1.82, 2.24) is 24.6 Å². The molecule has 6 heteroatoms. The number of benzene rings is 2. The lowest BCUT2D eigenvalue weighted by atomic mass is 10.1. The summed E-state index contributed by atoms with van der Waals surface area (Å²) in [5.74, 6) is 0. The maximum absolute atomic E-state index is 6.00. The van der Waals surface area contributed by atoms with Gasteiger partial charge >= 0.3 is 0 Å². The summed E-state index contributed by atoms with van der Waals surface area (Å²) in [6.07, 6.45) is 5.53. The molecule has 0 atom stereocenters. The van der Waals surface area contributed by atoms with Crippen LogP contribution in [0.5, 0.6) is 0 Å². The number of aromatic nitrogens is 4. The van der Waals surface area contributed by atoms with E-state index in [9.17, 15) is 0 Å². The van der Waals surface area contributed by atoms with Crippen LogP contribution in [0.15, 0.2) is 67.3 Å². The molecule has 142 valence electrons. The molecule has 5 nitrogen and oxygen atoms in total. The smallest absolute Gasteiger partial charge is 0.0991 e. The van der Waals surface area contributed by atoms with Crippen molar-refractivity contribution >= 4 is 11.6 Å². The molecule has 0 aliphatic heterocycles. The number of hydrogen-bond acceptors (Lipinski definition) is 3. The summed E-state index contributed by atoms with van der Waals surface area (Å²) < 4.78 is 3.97. The van der Waals surface area contributed by atoms with Gasteiger partial charge in [-0.3, -0.25) is 0 Å². The molecule has 0 spiro atoms. The average molecular weight is 392 g/mol. The number of halogens is 1. The van der Waals surface area contributed by atoms with E-state index in [4.69, 9.17) is 16.7 Å². The Bertz CT molecular complexity index is 1050. The first-order valence-electron chi connectivity index (χ1n) is 9.21. The predicted octanol–water partition coefficient (Wildman–Crippen LogP) is 4.62. The summed E-state index contributed by atoms with van der Waals surface area (Å²) in [7, 11) is 0. The summed E-state index contributed by atoms with van der Waals surface area (Å²) in [6.45, 7) is 5.73. The van der Waals surface area contributed by atoms with Crippen molar-refractivity contribution in [3.8, 4) is 11.4 Å². The van der Waals surface area contributed by atoms with Crippen molar-refractivity contribution in [2.75, 3.05) is 0 Å². The zero-order valence-corrected chi connectivity index (χ0v) is 16.7. The minimum atomic E-state index is 0.728. The number of nitrogens with zero attached hydrogens (tertiary/aromatic N) is 4. The van der Waals surface area contributed by atoms with E-state index in [1.165, 1.54) is 11.1 Å². The lowest BCUT2D eigenvalue weighted by Crippen LogP contribution is -2.14. The molecule has 0 unspecified atom stereocenters. The van der Waals surface area contributed by atoms with Crippen LogP contribution < -0.4 is 5.32 Å². The van der Waals surface area contributed by atoms with E-state index >= 15 is 0 Å². The molecule has 4 aromatic rings. The Balaban J connectivity index is 1.42. The Morgan fingerprint density at radius 2 is 1.64 bits per heavy atom. The molecule has 2 aromatic carbocycles. The van der Waals surface area contributed by atoms with E-state index in [1.807, 2.05) is 39.7 Å². The summed E-state index contributed by atoms with van der Waals surface area (Å²) in [4.78, 5) is 4.08. The van der Waals surface area contributed by atoms with Gasteiger partial charge in [0, 0.05) is 47.5 Å². The van der Waals surface area contributed by atoms with Crippen LogP contribution in [0.4, 0.5) is 0 Å². The van der Waals surface area contributed by atoms with Gasteiger partial charge in [0.2, 0.25) is 0 Å². The molecule has 0 bridgehead atoms. The fraction of sp³-hybridized carbons (Fsp3) is 0.182. The third-order valence-electron chi connectivity index (χ3n) is 4.88. The van der Waals surface area contributed by atoms with Crippen molar-refractivity contribution in [2.24, 2.45) is 0 Å². The van der Waals surface area contributed by atoms with Crippen LogP contribution in [0.3, 0.4) is 0 Å². The lowest BCUT2D eigenvalue weighted by molar-refractivity contribution is 0.687. The molecule has 0 amide bonds. The molecule has 0 saturated heterocycles. The van der Waals surface area contributed by atoms with Gasteiger partial charge in [-0.25, -0.2) is 9.67 Å². The molecule has 28 heavy (non-hydrogen) atoms. The maximum atomic E-state index is 6.00. The summed E-state index contributed by atoms with van der Waals surface area (Å²) in [5, 5.41) is 8.96. The molecular formula is C22H22ClN5. The fourth-order valence-corrected chi connectivity index (χ4v) is 3.42. The SMILES string of the molecule is Cc1nn(-c2ccc(Cl)cc2)c(C)c1CNCc1ccc(-n2ccnc2)cc1. The van der Waals surface area contributed by atoms with E-state index in [2.05, 4.69) is 48.4 Å². The number of rotatable bonds is 6. The number of imidazole rings is 1. The van der Waals surface area contributed by atoms with Crippen LogP contribution in [-0.4, -0.2) is 19.3 Å². The summed E-state index contributed by atoms with van der Waals surface area (Å²) in [6, 6.07) is 16.2. The molecule has 1 N–H and O–H groups in total. The van der Waals surface area contributed by atoms with Crippen molar-refractivity contribution in [3.05, 3.63) is 94.8 Å². The third-order valence-corrected chi connectivity index (χ3v) is 5.13. The van der Waals surface area contributed by atoms with Gasteiger partial charge < -0.3 is 9.88 Å². The molecule has 0 aliphatic carbocycles.